The van der Waals surface area contributed by atoms with Crippen LogP contribution in [0.4, 0.5) is 0 Å². The summed E-state index contributed by atoms with van der Waals surface area (Å²) in [6, 6.07) is 5.82. The minimum Gasteiger partial charge on any atom is -0.493 e. The molecule has 22 heavy (non-hydrogen) atoms. The van der Waals surface area contributed by atoms with Crippen LogP contribution in [-0.2, 0) is 4.79 Å². The largest absolute Gasteiger partial charge is 0.493 e. The zero-order chi connectivity index (χ0) is 15.8. The second kappa shape index (κ2) is 10.6. The van der Waals surface area contributed by atoms with Gasteiger partial charge in [-0.2, -0.15) is 0 Å². The average molecular weight is 349 g/mol. The lowest BCUT2D eigenvalue weighted by molar-refractivity contribution is -0.131. The van der Waals surface area contributed by atoms with Gasteiger partial charge in [0.1, 0.15) is 0 Å². The lowest BCUT2D eigenvalue weighted by atomic mass is 10.3. The van der Waals surface area contributed by atoms with E-state index in [-0.39, 0.29) is 24.4 Å². The van der Waals surface area contributed by atoms with Gasteiger partial charge in [0.2, 0.25) is 5.91 Å². The van der Waals surface area contributed by atoms with E-state index in [1.807, 2.05) is 25.1 Å². The monoisotopic (exact) mass is 348 g/mol. The highest BCUT2D eigenvalue weighted by atomic mass is 35.5. The van der Waals surface area contributed by atoms with Crippen LogP contribution < -0.4 is 15.2 Å². The van der Waals surface area contributed by atoms with E-state index in [9.17, 15) is 4.79 Å². The molecule has 0 saturated heterocycles. The third-order valence-corrected chi connectivity index (χ3v) is 4.33. The maximum absolute atomic E-state index is 12.0. The Labute approximate surface area is 142 Å². The van der Waals surface area contributed by atoms with Gasteiger partial charge in [-0.1, -0.05) is 0 Å². The van der Waals surface area contributed by atoms with Crippen molar-refractivity contribution in [3.8, 4) is 11.5 Å². The van der Waals surface area contributed by atoms with Gasteiger partial charge in [-0.3, -0.25) is 4.79 Å². The van der Waals surface area contributed by atoms with Crippen molar-refractivity contribution >= 4 is 30.1 Å². The molecule has 0 heterocycles. The predicted octanol–water partition coefficient (Wildman–Crippen LogP) is 2.41. The molecule has 7 heteroatoms. The normalized spacial score (nSPS) is 11.3. The molecule has 1 aromatic carbocycles. The van der Waals surface area contributed by atoms with Crippen molar-refractivity contribution in [1.29, 1.82) is 0 Å². The molecule has 2 N–H and O–H groups in total. The molecule has 0 radical (unpaired) electrons. The summed E-state index contributed by atoms with van der Waals surface area (Å²) >= 11 is 1.62. The van der Waals surface area contributed by atoms with Crippen molar-refractivity contribution in [3.63, 3.8) is 0 Å². The number of ether oxygens (including phenoxy) is 2. The Morgan fingerprint density at radius 2 is 1.95 bits per heavy atom. The molecule has 0 aliphatic heterocycles. The smallest absolute Gasteiger partial charge is 0.223 e. The highest BCUT2D eigenvalue weighted by molar-refractivity contribution is 7.99. The van der Waals surface area contributed by atoms with Gasteiger partial charge in [0.05, 0.1) is 14.2 Å². The van der Waals surface area contributed by atoms with Gasteiger partial charge in [0.25, 0.3) is 0 Å². The van der Waals surface area contributed by atoms with Gasteiger partial charge in [-0.05, 0) is 25.1 Å². The van der Waals surface area contributed by atoms with Crippen LogP contribution in [-0.4, -0.2) is 50.4 Å². The van der Waals surface area contributed by atoms with E-state index < -0.39 is 0 Å². The number of likely N-dealkylation sites (N-methyl/N-ethyl adjacent to an activating group) is 1. The van der Waals surface area contributed by atoms with Crippen LogP contribution in [0.5, 0.6) is 11.5 Å². The second-order valence-electron chi connectivity index (χ2n) is 4.70. The summed E-state index contributed by atoms with van der Waals surface area (Å²) in [5.41, 5.74) is 5.56. The van der Waals surface area contributed by atoms with Crippen molar-refractivity contribution < 1.29 is 14.3 Å². The molecular weight excluding hydrogens is 324 g/mol. The van der Waals surface area contributed by atoms with Gasteiger partial charge < -0.3 is 20.1 Å². The van der Waals surface area contributed by atoms with Gasteiger partial charge in [0, 0.05) is 36.7 Å². The molecule has 0 saturated carbocycles. The van der Waals surface area contributed by atoms with E-state index >= 15 is 0 Å². The number of amides is 1. The van der Waals surface area contributed by atoms with E-state index in [4.69, 9.17) is 15.2 Å². The number of thioether (sulfide) groups is 1. The third-order valence-electron chi connectivity index (χ3n) is 3.34. The minimum atomic E-state index is 0. The summed E-state index contributed by atoms with van der Waals surface area (Å²) in [7, 11) is 5.01. The topological polar surface area (TPSA) is 64.8 Å². The van der Waals surface area contributed by atoms with E-state index in [0.717, 1.165) is 10.6 Å². The molecule has 0 fully saturated rings. The van der Waals surface area contributed by atoms with Crippen LogP contribution in [0.1, 0.15) is 13.3 Å². The summed E-state index contributed by atoms with van der Waals surface area (Å²) in [6.07, 6.45) is 0.486. The van der Waals surface area contributed by atoms with Gasteiger partial charge in [0.15, 0.2) is 11.5 Å². The highest BCUT2D eigenvalue weighted by Crippen LogP contribution is 2.32. The summed E-state index contributed by atoms with van der Waals surface area (Å²) in [6.45, 7) is 2.42. The van der Waals surface area contributed by atoms with E-state index in [2.05, 4.69) is 0 Å². The zero-order valence-electron chi connectivity index (χ0n) is 13.5. The number of rotatable bonds is 8. The number of halogens is 1. The molecule has 126 valence electrons. The van der Waals surface area contributed by atoms with Crippen LogP contribution in [0.15, 0.2) is 23.1 Å². The number of carbonyl (C=O) groups excluding carboxylic acids is 1. The fraction of sp³-hybridized carbons (Fsp3) is 0.533. The third kappa shape index (κ3) is 5.94. The molecule has 5 nitrogen and oxygen atoms in total. The van der Waals surface area contributed by atoms with E-state index in [1.165, 1.54) is 0 Å². The molecule has 1 atom stereocenters. The van der Waals surface area contributed by atoms with Gasteiger partial charge >= 0.3 is 0 Å². The Bertz CT molecular complexity index is 474. The Kier molecular flexibility index (Phi) is 10.1. The molecule has 1 aromatic rings. The number of methoxy groups -OCH3 is 2. The molecule has 0 bridgehead atoms. The lowest BCUT2D eigenvalue weighted by Crippen LogP contribution is -2.39. The van der Waals surface area contributed by atoms with Crippen molar-refractivity contribution in [1.82, 2.24) is 4.90 Å². The molecule has 0 aliphatic rings. The SMILES string of the molecule is COc1ccc(SCCC(=O)N(C)C(C)CN)cc1OC.Cl. The lowest BCUT2D eigenvalue weighted by Gasteiger charge is -2.23. The maximum Gasteiger partial charge on any atom is 0.223 e. The number of carbonyl (C=O) groups is 1. The molecule has 1 amide bonds. The van der Waals surface area contributed by atoms with Gasteiger partial charge in [-0.15, -0.1) is 24.2 Å². The fourth-order valence-electron chi connectivity index (χ4n) is 1.74. The molecule has 0 aliphatic carbocycles. The first-order valence-corrected chi connectivity index (χ1v) is 7.82. The quantitative estimate of drug-likeness (QED) is 0.731. The van der Waals surface area contributed by atoms with Crippen LogP contribution in [0.2, 0.25) is 0 Å². The summed E-state index contributed by atoms with van der Waals surface area (Å²) in [5.74, 6) is 2.23. The number of benzene rings is 1. The summed E-state index contributed by atoms with van der Waals surface area (Å²) in [5, 5.41) is 0. The first-order valence-electron chi connectivity index (χ1n) is 6.84. The maximum atomic E-state index is 12.0. The fourth-order valence-corrected chi connectivity index (χ4v) is 2.61. The Morgan fingerprint density at radius 1 is 1.32 bits per heavy atom. The Morgan fingerprint density at radius 3 is 2.50 bits per heavy atom. The molecular formula is C15H25ClN2O3S. The first kappa shape index (κ1) is 20.9. The van der Waals surface area contributed by atoms with Crippen molar-refractivity contribution in [3.05, 3.63) is 18.2 Å². The predicted molar refractivity (Wildman–Crippen MR) is 93.4 cm³/mol. The standard InChI is InChI=1S/C15H24N2O3S.ClH/c1-11(10-16)17(2)15(18)7-8-21-12-5-6-13(19-3)14(9-12)20-4;/h5-6,9,11H,7-8,10,16H2,1-4H3;1H. The number of nitrogens with zero attached hydrogens (tertiary/aromatic N) is 1. The van der Waals surface area contributed by atoms with Gasteiger partial charge in [-0.25, -0.2) is 0 Å². The Hall–Kier alpha value is -1.11. The highest BCUT2D eigenvalue weighted by Gasteiger charge is 2.14. The summed E-state index contributed by atoms with van der Waals surface area (Å²) < 4.78 is 10.5. The van der Waals surface area contributed by atoms with Crippen molar-refractivity contribution in [2.45, 2.75) is 24.3 Å². The average Bonchev–Trinajstić information content (AvgIpc) is 2.52. The van der Waals surface area contributed by atoms with Crippen LogP contribution in [0, 0.1) is 0 Å². The number of hydrogen-bond donors (Lipinski definition) is 1. The Balaban J connectivity index is 0.00000441. The molecule has 1 unspecified atom stereocenters. The second-order valence-corrected chi connectivity index (χ2v) is 5.87. The zero-order valence-corrected chi connectivity index (χ0v) is 15.1. The van der Waals surface area contributed by atoms with Crippen molar-refractivity contribution in [2.75, 3.05) is 33.6 Å². The first-order chi connectivity index (χ1) is 10.0. The van der Waals surface area contributed by atoms with Crippen LogP contribution >= 0.6 is 24.2 Å². The summed E-state index contributed by atoms with van der Waals surface area (Å²) in [4.78, 5) is 14.7. The number of nitrogens with two attached hydrogens (primary N) is 1. The van der Waals surface area contributed by atoms with Crippen LogP contribution in [0.25, 0.3) is 0 Å². The van der Waals surface area contributed by atoms with E-state index in [1.54, 1.807) is 37.9 Å². The van der Waals surface area contributed by atoms with Crippen molar-refractivity contribution in [2.24, 2.45) is 5.73 Å². The van der Waals surface area contributed by atoms with E-state index in [0.29, 0.717) is 24.5 Å². The minimum absolute atomic E-state index is 0. The molecule has 0 aromatic heterocycles. The molecule has 0 spiro atoms. The molecule has 1 rings (SSSR count). The van der Waals surface area contributed by atoms with Crippen LogP contribution in [0.3, 0.4) is 0 Å². The number of hydrogen-bond acceptors (Lipinski definition) is 5.